The van der Waals surface area contributed by atoms with Crippen LogP contribution in [0.5, 0.6) is 5.75 Å². The van der Waals surface area contributed by atoms with Crippen molar-refractivity contribution in [2.75, 3.05) is 19.9 Å². The summed E-state index contributed by atoms with van der Waals surface area (Å²) < 4.78 is 7.13. The maximum Gasteiger partial charge on any atom is 0.206 e. The molecule has 6 heteroatoms. The molecule has 0 aliphatic carbocycles. The van der Waals surface area contributed by atoms with E-state index in [2.05, 4.69) is 47.5 Å². The van der Waals surface area contributed by atoms with Crippen LogP contribution < -0.4 is 9.54 Å². The summed E-state index contributed by atoms with van der Waals surface area (Å²) in [5, 5.41) is 6.77. The van der Waals surface area contributed by atoms with Crippen molar-refractivity contribution in [3.05, 3.63) is 76.9 Å². The quantitative estimate of drug-likeness (QED) is 0.324. The summed E-state index contributed by atoms with van der Waals surface area (Å²) in [6.07, 6.45) is 5.71. The summed E-state index contributed by atoms with van der Waals surface area (Å²) in [4.78, 5) is 6.63. The van der Waals surface area contributed by atoms with Gasteiger partial charge in [0.15, 0.2) is 0 Å². The number of methoxy groups -OCH3 is 1. The van der Waals surface area contributed by atoms with Crippen LogP contribution in [0.2, 0.25) is 0 Å². The van der Waals surface area contributed by atoms with Crippen LogP contribution in [0.3, 0.4) is 0 Å². The molecule has 0 N–H and O–H groups in total. The van der Waals surface area contributed by atoms with Crippen LogP contribution >= 0.6 is 23.1 Å². The third-order valence-corrected chi connectivity index (χ3v) is 5.46. The zero-order valence-electron chi connectivity index (χ0n) is 15.3. The van der Waals surface area contributed by atoms with Crippen LogP contribution in [0.4, 0.5) is 0 Å². The SMILES string of the molecule is C=CCN=c1scc(-c2ccc(OC)cc2)n1N=Cc1ccc(SC)cc1. The maximum absolute atomic E-state index is 5.25. The standard InChI is InChI=1S/C21H21N3OS2/c1-4-13-22-21-24(23-14-16-5-11-19(26-3)12-6-16)20(15-27-21)17-7-9-18(25-2)10-8-17/h4-12,14-15H,1,13H2,2-3H3. The van der Waals surface area contributed by atoms with Crippen molar-refractivity contribution < 1.29 is 4.74 Å². The molecule has 0 spiro atoms. The van der Waals surface area contributed by atoms with Crippen molar-refractivity contribution >= 4 is 29.3 Å². The highest BCUT2D eigenvalue weighted by Gasteiger charge is 2.07. The molecule has 138 valence electrons. The Hall–Kier alpha value is -2.57. The summed E-state index contributed by atoms with van der Waals surface area (Å²) in [6, 6.07) is 16.3. The van der Waals surface area contributed by atoms with Gasteiger partial charge in [-0.05, 0) is 48.2 Å². The first kappa shape index (κ1) is 19.2. The van der Waals surface area contributed by atoms with Crippen molar-refractivity contribution in [1.82, 2.24) is 4.68 Å². The molecule has 27 heavy (non-hydrogen) atoms. The average Bonchev–Trinajstić information content (AvgIpc) is 3.13. The molecule has 0 aliphatic heterocycles. The van der Waals surface area contributed by atoms with Crippen molar-refractivity contribution in [3.63, 3.8) is 0 Å². The van der Waals surface area contributed by atoms with Crippen LogP contribution in [0, 0.1) is 0 Å². The lowest BCUT2D eigenvalue weighted by molar-refractivity contribution is 0.415. The fourth-order valence-electron chi connectivity index (χ4n) is 2.44. The Morgan fingerprint density at radius 1 is 1.15 bits per heavy atom. The van der Waals surface area contributed by atoms with E-state index in [0.717, 1.165) is 27.4 Å². The second-order valence-electron chi connectivity index (χ2n) is 5.59. The van der Waals surface area contributed by atoms with E-state index in [1.165, 1.54) is 4.90 Å². The smallest absolute Gasteiger partial charge is 0.206 e. The van der Waals surface area contributed by atoms with Gasteiger partial charge in [0.25, 0.3) is 0 Å². The summed E-state index contributed by atoms with van der Waals surface area (Å²) in [7, 11) is 1.67. The molecule has 0 atom stereocenters. The van der Waals surface area contributed by atoms with Gasteiger partial charge < -0.3 is 4.74 Å². The molecule has 0 bridgehead atoms. The van der Waals surface area contributed by atoms with E-state index in [-0.39, 0.29) is 0 Å². The fourth-order valence-corrected chi connectivity index (χ4v) is 3.69. The second-order valence-corrected chi connectivity index (χ2v) is 7.31. The summed E-state index contributed by atoms with van der Waals surface area (Å²) in [6.45, 7) is 4.30. The molecule has 1 heterocycles. The Kier molecular flexibility index (Phi) is 6.68. The van der Waals surface area contributed by atoms with Gasteiger partial charge in [-0.2, -0.15) is 5.10 Å². The molecule has 3 aromatic rings. The first-order chi connectivity index (χ1) is 13.2. The van der Waals surface area contributed by atoms with Gasteiger partial charge in [-0.3, -0.25) is 4.99 Å². The molecular formula is C21H21N3OS2. The molecule has 0 aliphatic rings. The molecule has 0 radical (unpaired) electrons. The van der Waals surface area contributed by atoms with Crippen LogP contribution in [-0.2, 0) is 0 Å². The minimum absolute atomic E-state index is 0.556. The predicted molar refractivity (Wildman–Crippen MR) is 116 cm³/mol. The molecule has 3 rings (SSSR count). The highest BCUT2D eigenvalue weighted by molar-refractivity contribution is 7.98. The van der Waals surface area contributed by atoms with E-state index in [4.69, 9.17) is 9.84 Å². The predicted octanol–water partition coefficient (Wildman–Crippen LogP) is 4.92. The van der Waals surface area contributed by atoms with E-state index in [1.54, 1.807) is 36.3 Å². The van der Waals surface area contributed by atoms with Gasteiger partial charge in [0.1, 0.15) is 5.75 Å². The van der Waals surface area contributed by atoms with Crippen LogP contribution in [-0.4, -0.2) is 30.8 Å². The number of rotatable bonds is 7. The number of thiazole rings is 1. The lowest BCUT2D eigenvalue weighted by Crippen LogP contribution is -2.12. The number of thioether (sulfide) groups is 1. The highest BCUT2D eigenvalue weighted by atomic mass is 32.2. The van der Waals surface area contributed by atoms with Crippen molar-refractivity contribution in [1.29, 1.82) is 0 Å². The molecule has 0 fully saturated rings. The Morgan fingerprint density at radius 2 is 1.89 bits per heavy atom. The summed E-state index contributed by atoms with van der Waals surface area (Å²) in [5.74, 6) is 0.828. The van der Waals surface area contributed by atoms with E-state index in [9.17, 15) is 0 Å². The molecule has 0 saturated carbocycles. The molecule has 0 unspecified atom stereocenters. The van der Waals surface area contributed by atoms with Crippen molar-refractivity contribution in [2.24, 2.45) is 10.1 Å². The average molecular weight is 396 g/mol. The minimum atomic E-state index is 0.556. The van der Waals surface area contributed by atoms with Crippen molar-refractivity contribution in [3.8, 4) is 17.0 Å². The lowest BCUT2D eigenvalue weighted by Gasteiger charge is -2.05. The molecule has 2 aromatic carbocycles. The molecule has 4 nitrogen and oxygen atoms in total. The van der Waals surface area contributed by atoms with Gasteiger partial charge in [-0.15, -0.1) is 29.7 Å². The Labute approximate surface area is 167 Å². The molecular weight excluding hydrogens is 374 g/mol. The van der Waals surface area contributed by atoms with E-state index >= 15 is 0 Å². The number of nitrogens with zero attached hydrogens (tertiary/aromatic N) is 3. The number of benzene rings is 2. The molecule has 1 aromatic heterocycles. The maximum atomic E-state index is 5.25. The molecule has 0 amide bonds. The van der Waals surface area contributed by atoms with E-state index in [0.29, 0.717) is 6.54 Å². The number of ether oxygens (including phenoxy) is 1. The largest absolute Gasteiger partial charge is 0.497 e. The van der Waals surface area contributed by atoms with E-state index < -0.39 is 0 Å². The Bertz CT molecular complexity index is 984. The fraction of sp³-hybridized carbons (Fsp3) is 0.143. The zero-order valence-corrected chi connectivity index (χ0v) is 17.0. The van der Waals surface area contributed by atoms with Crippen LogP contribution in [0.15, 0.2) is 81.6 Å². The van der Waals surface area contributed by atoms with Gasteiger partial charge in [0.2, 0.25) is 4.80 Å². The van der Waals surface area contributed by atoms with Gasteiger partial charge in [0.05, 0.1) is 25.6 Å². The second kappa shape index (κ2) is 9.39. The first-order valence-electron chi connectivity index (χ1n) is 8.40. The lowest BCUT2D eigenvalue weighted by atomic mass is 10.2. The number of hydrogen-bond donors (Lipinski definition) is 0. The zero-order chi connectivity index (χ0) is 19.1. The van der Waals surface area contributed by atoms with E-state index in [1.807, 2.05) is 35.2 Å². The Balaban J connectivity index is 2.00. The van der Waals surface area contributed by atoms with Crippen molar-refractivity contribution in [2.45, 2.75) is 4.90 Å². The monoisotopic (exact) mass is 395 g/mol. The highest BCUT2D eigenvalue weighted by Crippen LogP contribution is 2.23. The van der Waals surface area contributed by atoms with Gasteiger partial charge in [-0.25, -0.2) is 4.68 Å². The van der Waals surface area contributed by atoms with Crippen LogP contribution in [0.1, 0.15) is 5.56 Å². The minimum Gasteiger partial charge on any atom is -0.497 e. The normalized spacial score (nSPS) is 11.9. The summed E-state index contributed by atoms with van der Waals surface area (Å²) >= 11 is 3.29. The Morgan fingerprint density at radius 3 is 2.52 bits per heavy atom. The topological polar surface area (TPSA) is 38.9 Å². The van der Waals surface area contributed by atoms with Crippen LogP contribution in [0.25, 0.3) is 11.3 Å². The number of hydrogen-bond acceptors (Lipinski definition) is 5. The number of aromatic nitrogens is 1. The van der Waals surface area contributed by atoms with Gasteiger partial charge in [0, 0.05) is 15.8 Å². The third-order valence-electron chi connectivity index (χ3n) is 3.86. The molecule has 0 saturated heterocycles. The first-order valence-corrected chi connectivity index (χ1v) is 10.5. The van der Waals surface area contributed by atoms with Gasteiger partial charge in [-0.1, -0.05) is 18.2 Å². The van der Waals surface area contributed by atoms with Gasteiger partial charge >= 0.3 is 0 Å². The third kappa shape index (κ3) is 4.78. The summed E-state index contributed by atoms with van der Waals surface area (Å²) in [5.41, 5.74) is 3.09.